The fourth-order valence-corrected chi connectivity index (χ4v) is 2.85. The maximum atomic E-state index is 12.9. The van der Waals surface area contributed by atoms with Crippen molar-refractivity contribution in [1.82, 2.24) is 5.32 Å². The van der Waals surface area contributed by atoms with Gasteiger partial charge in [0.1, 0.15) is 11.6 Å². The summed E-state index contributed by atoms with van der Waals surface area (Å²) >= 11 is 0. The van der Waals surface area contributed by atoms with Gasteiger partial charge < -0.3 is 10.1 Å². The molecular weight excluding hydrogens is 281 g/mol. The number of carbonyl (C=O) groups excluding carboxylic acids is 1. The zero-order valence-electron chi connectivity index (χ0n) is 12.4. The second kappa shape index (κ2) is 6.18. The highest BCUT2D eigenvalue weighted by atomic mass is 19.1. The van der Waals surface area contributed by atoms with Gasteiger partial charge in [0.2, 0.25) is 0 Å². The van der Waals surface area contributed by atoms with Gasteiger partial charge in [0.15, 0.2) is 0 Å². The molecule has 0 fully saturated rings. The lowest BCUT2D eigenvalue weighted by Crippen LogP contribution is -2.38. The van der Waals surface area contributed by atoms with Crippen molar-refractivity contribution in [1.29, 1.82) is 0 Å². The summed E-state index contributed by atoms with van der Waals surface area (Å²) in [6.45, 7) is 0. The van der Waals surface area contributed by atoms with Gasteiger partial charge in [-0.15, -0.1) is 0 Å². The molecule has 2 aromatic rings. The van der Waals surface area contributed by atoms with Crippen LogP contribution in [0.3, 0.4) is 0 Å². The molecule has 0 saturated heterocycles. The molecule has 3 rings (SSSR count). The van der Waals surface area contributed by atoms with E-state index in [4.69, 9.17) is 4.74 Å². The molecule has 1 amide bonds. The molecule has 4 heteroatoms. The molecule has 0 aliphatic heterocycles. The van der Waals surface area contributed by atoms with Gasteiger partial charge in [0, 0.05) is 11.6 Å². The minimum atomic E-state index is -0.338. The molecule has 1 aliphatic rings. The molecule has 0 bridgehead atoms. The van der Waals surface area contributed by atoms with Crippen molar-refractivity contribution in [3.63, 3.8) is 0 Å². The third-order valence-electron chi connectivity index (χ3n) is 4.08. The number of ether oxygens (including phenoxy) is 1. The van der Waals surface area contributed by atoms with Gasteiger partial charge in [-0.25, -0.2) is 4.39 Å². The number of fused-ring (bicyclic) bond motifs is 1. The monoisotopic (exact) mass is 299 g/mol. The van der Waals surface area contributed by atoms with Gasteiger partial charge in [-0.3, -0.25) is 4.79 Å². The SMILES string of the molecule is COc1ccc2c(c1)CC(NC(=O)c1ccc(F)cc1)CC2. The first-order chi connectivity index (χ1) is 10.7. The third kappa shape index (κ3) is 3.11. The van der Waals surface area contributed by atoms with E-state index in [1.54, 1.807) is 7.11 Å². The Morgan fingerprint density at radius 3 is 2.68 bits per heavy atom. The van der Waals surface area contributed by atoms with E-state index in [9.17, 15) is 9.18 Å². The van der Waals surface area contributed by atoms with Gasteiger partial charge in [0.05, 0.1) is 7.11 Å². The lowest BCUT2D eigenvalue weighted by atomic mass is 9.88. The van der Waals surface area contributed by atoms with E-state index in [1.165, 1.54) is 35.4 Å². The fourth-order valence-electron chi connectivity index (χ4n) is 2.85. The van der Waals surface area contributed by atoms with Crippen molar-refractivity contribution in [2.24, 2.45) is 0 Å². The van der Waals surface area contributed by atoms with Crippen LogP contribution in [0.25, 0.3) is 0 Å². The lowest BCUT2D eigenvalue weighted by molar-refractivity contribution is 0.0933. The molecule has 0 radical (unpaired) electrons. The van der Waals surface area contributed by atoms with E-state index in [2.05, 4.69) is 11.4 Å². The van der Waals surface area contributed by atoms with E-state index in [0.717, 1.165) is 25.0 Å². The van der Waals surface area contributed by atoms with Crippen LogP contribution >= 0.6 is 0 Å². The number of aryl methyl sites for hydroxylation is 1. The van der Waals surface area contributed by atoms with Gasteiger partial charge in [-0.05, 0) is 66.8 Å². The Kier molecular flexibility index (Phi) is 4.09. The molecule has 0 saturated carbocycles. The first-order valence-corrected chi connectivity index (χ1v) is 7.38. The van der Waals surface area contributed by atoms with Gasteiger partial charge in [0.25, 0.3) is 5.91 Å². The van der Waals surface area contributed by atoms with Crippen LogP contribution in [0.1, 0.15) is 27.9 Å². The number of hydrogen-bond donors (Lipinski definition) is 1. The Labute approximate surface area is 129 Å². The van der Waals surface area contributed by atoms with Gasteiger partial charge in [-0.1, -0.05) is 6.07 Å². The minimum absolute atomic E-state index is 0.0946. The summed E-state index contributed by atoms with van der Waals surface area (Å²) in [5.41, 5.74) is 3.01. The topological polar surface area (TPSA) is 38.3 Å². The summed E-state index contributed by atoms with van der Waals surface area (Å²) in [5, 5.41) is 3.03. The van der Waals surface area contributed by atoms with E-state index in [1.807, 2.05) is 12.1 Å². The highest BCUT2D eigenvalue weighted by Crippen LogP contribution is 2.25. The Hall–Kier alpha value is -2.36. The van der Waals surface area contributed by atoms with Crippen LogP contribution in [0.5, 0.6) is 5.75 Å². The zero-order valence-corrected chi connectivity index (χ0v) is 12.4. The summed E-state index contributed by atoms with van der Waals surface area (Å²) in [6.07, 6.45) is 2.64. The number of hydrogen-bond acceptors (Lipinski definition) is 2. The maximum Gasteiger partial charge on any atom is 0.251 e. The predicted molar refractivity (Wildman–Crippen MR) is 82.7 cm³/mol. The minimum Gasteiger partial charge on any atom is -0.497 e. The van der Waals surface area contributed by atoms with Crippen LogP contribution in [0, 0.1) is 5.82 Å². The van der Waals surface area contributed by atoms with Crippen LogP contribution in [0.15, 0.2) is 42.5 Å². The van der Waals surface area contributed by atoms with Gasteiger partial charge in [-0.2, -0.15) is 0 Å². The van der Waals surface area contributed by atoms with Crippen LogP contribution in [-0.2, 0) is 12.8 Å². The summed E-state index contributed by atoms with van der Waals surface area (Å²) in [7, 11) is 1.65. The first kappa shape index (κ1) is 14.6. The Morgan fingerprint density at radius 2 is 1.95 bits per heavy atom. The van der Waals surface area contributed by atoms with Crippen LogP contribution < -0.4 is 10.1 Å². The molecule has 0 aromatic heterocycles. The number of benzene rings is 2. The van der Waals surface area contributed by atoms with Crippen molar-refractivity contribution < 1.29 is 13.9 Å². The standard InChI is InChI=1S/C18H18FNO2/c1-22-17-9-5-12-4-8-16(10-14(12)11-17)20-18(21)13-2-6-15(19)7-3-13/h2-3,5-7,9,11,16H,4,8,10H2,1H3,(H,20,21). The number of halogens is 1. The number of nitrogens with one attached hydrogen (secondary N) is 1. The number of amides is 1. The number of rotatable bonds is 3. The number of carbonyl (C=O) groups is 1. The summed E-state index contributed by atoms with van der Waals surface area (Å²) in [6, 6.07) is 11.8. The van der Waals surface area contributed by atoms with Gasteiger partial charge >= 0.3 is 0 Å². The van der Waals surface area contributed by atoms with Crippen molar-refractivity contribution in [3.05, 3.63) is 65.0 Å². The lowest BCUT2D eigenvalue weighted by Gasteiger charge is -2.26. The van der Waals surface area contributed by atoms with Crippen molar-refractivity contribution in [2.75, 3.05) is 7.11 Å². The summed E-state index contributed by atoms with van der Waals surface area (Å²) in [5.74, 6) is 0.343. The molecule has 114 valence electrons. The highest BCUT2D eigenvalue weighted by molar-refractivity contribution is 5.94. The molecule has 2 aromatic carbocycles. The second-order valence-electron chi connectivity index (χ2n) is 5.55. The van der Waals surface area contributed by atoms with E-state index >= 15 is 0 Å². The fraction of sp³-hybridized carbons (Fsp3) is 0.278. The molecular formula is C18H18FNO2. The molecule has 0 heterocycles. The Morgan fingerprint density at radius 1 is 1.18 bits per heavy atom. The van der Waals surface area contributed by atoms with Crippen LogP contribution in [0.2, 0.25) is 0 Å². The van der Waals surface area contributed by atoms with Crippen molar-refractivity contribution >= 4 is 5.91 Å². The second-order valence-corrected chi connectivity index (χ2v) is 5.55. The average molecular weight is 299 g/mol. The zero-order chi connectivity index (χ0) is 15.5. The molecule has 1 unspecified atom stereocenters. The quantitative estimate of drug-likeness (QED) is 0.945. The maximum absolute atomic E-state index is 12.9. The summed E-state index contributed by atoms with van der Waals surface area (Å²) < 4.78 is 18.2. The van der Waals surface area contributed by atoms with E-state index in [0.29, 0.717) is 5.56 Å². The van der Waals surface area contributed by atoms with E-state index in [-0.39, 0.29) is 17.8 Å². The first-order valence-electron chi connectivity index (χ1n) is 7.38. The predicted octanol–water partition coefficient (Wildman–Crippen LogP) is 3.12. The number of methoxy groups -OCH3 is 1. The Bertz CT molecular complexity index is 682. The third-order valence-corrected chi connectivity index (χ3v) is 4.08. The molecule has 0 spiro atoms. The normalized spacial score (nSPS) is 16.7. The molecule has 1 N–H and O–H groups in total. The van der Waals surface area contributed by atoms with Crippen LogP contribution in [-0.4, -0.2) is 19.1 Å². The molecule has 1 aliphatic carbocycles. The summed E-state index contributed by atoms with van der Waals surface area (Å²) in [4.78, 5) is 12.2. The smallest absolute Gasteiger partial charge is 0.251 e. The Balaban J connectivity index is 1.69. The highest BCUT2D eigenvalue weighted by Gasteiger charge is 2.21. The molecule has 1 atom stereocenters. The van der Waals surface area contributed by atoms with E-state index < -0.39 is 0 Å². The molecule has 3 nitrogen and oxygen atoms in total. The average Bonchev–Trinajstić information content (AvgIpc) is 2.54. The molecule has 22 heavy (non-hydrogen) atoms. The van der Waals surface area contributed by atoms with Crippen LogP contribution in [0.4, 0.5) is 4.39 Å². The van der Waals surface area contributed by atoms with Crippen molar-refractivity contribution in [3.8, 4) is 5.75 Å². The van der Waals surface area contributed by atoms with Crippen molar-refractivity contribution in [2.45, 2.75) is 25.3 Å². The largest absolute Gasteiger partial charge is 0.497 e.